The predicted octanol–water partition coefficient (Wildman–Crippen LogP) is 6.64. The van der Waals surface area contributed by atoms with Crippen LogP contribution in [-0.4, -0.2) is 51.9 Å². The van der Waals surface area contributed by atoms with Crippen molar-refractivity contribution in [3.63, 3.8) is 0 Å². The van der Waals surface area contributed by atoms with Gasteiger partial charge < -0.3 is 15.3 Å². The van der Waals surface area contributed by atoms with E-state index < -0.39 is 0 Å². The fourth-order valence-corrected chi connectivity index (χ4v) is 4.78. The SMILES string of the molecule is CC(=O)c1cnc2ccc(-c3cc(Cl)c(O)c(Cl)c3)nc2c1NC1CCC(N(C)C)CC1.Cl.Cl. The summed E-state index contributed by atoms with van der Waals surface area (Å²) in [5, 5.41) is 13.8. The minimum absolute atomic E-state index is 0. The fraction of sp³-hybridized carbons (Fsp3) is 0.375. The van der Waals surface area contributed by atoms with E-state index in [1.807, 2.05) is 12.1 Å². The summed E-state index contributed by atoms with van der Waals surface area (Å²) in [6.07, 6.45) is 5.87. The van der Waals surface area contributed by atoms with Crippen LogP contribution >= 0.6 is 48.0 Å². The van der Waals surface area contributed by atoms with E-state index in [9.17, 15) is 9.90 Å². The Hall–Kier alpha value is -1.83. The number of phenols is 1. The van der Waals surface area contributed by atoms with Crippen molar-refractivity contribution in [3.8, 4) is 17.0 Å². The Morgan fingerprint density at radius 1 is 1.09 bits per heavy atom. The summed E-state index contributed by atoms with van der Waals surface area (Å²) < 4.78 is 0. The molecule has 10 heteroatoms. The molecule has 0 spiro atoms. The van der Waals surface area contributed by atoms with E-state index in [-0.39, 0.29) is 52.4 Å². The number of nitrogens with one attached hydrogen (secondary N) is 1. The van der Waals surface area contributed by atoms with Crippen molar-refractivity contribution in [2.24, 2.45) is 0 Å². The molecule has 4 rings (SSSR count). The minimum Gasteiger partial charge on any atom is -0.505 e. The summed E-state index contributed by atoms with van der Waals surface area (Å²) in [4.78, 5) is 24.0. The number of benzene rings is 1. The lowest BCUT2D eigenvalue weighted by atomic mass is 9.90. The van der Waals surface area contributed by atoms with E-state index >= 15 is 0 Å². The minimum atomic E-state index is -0.158. The summed E-state index contributed by atoms with van der Waals surface area (Å²) in [7, 11) is 4.24. The van der Waals surface area contributed by atoms with Crippen LogP contribution in [0.15, 0.2) is 30.5 Å². The Bertz CT molecular complexity index is 1160. The highest BCUT2D eigenvalue weighted by atomic mass is 35.5. The number of aromatic nitrogens is 2. The van der Waals surface area contributed by atoms with Crippen molar-refractivity contribution in [1.29, 1.82) is 0 Å². The molecule has 0 unspecified atom stereocenters. The third-order valence-corrected chi connectivity index (χ3v) is 6.76. The van der Waals surface area contributed by atoms with E-state index in [4.69, 9.17) is 28.2 Å². The van der Waals surface area contributed by atoms with E-state index in [0.717, 1.165) is 25.7 Å². The number of nitrogens with zero attached hydrogens (tertiary/aromatic N) is 3. The van der Waals surface area contributed by atoms with Gasteiger partial charge in [-0.25, -0.2) is 4.98 Å². The van der Waals surface area contributed by atoms with Gasteiger partial charge in [0.2, 0.25) is 0 Å². The van der Waals surface area contributed by atoms with Gasteiger partial charge in [-0.2, -0.15) is 0 Å². The normalized spacial score (nSPS) is 17.7. The zero-order valence-corrected chi connectivity index (χ0v) is 22.3. The summed E-state index contributed by atoms with van der Waals surface area (Å²) in [6, 6.07) is 7.78. The number of carbonyl (C=O) groups excluding carboxylic acids is 1. The van der Waals surface area contributed by atoms with Gasteiger partial charge in [0.05, 0.1) is 32.5 Å². The molecule has 1 aliphatic rings. The van der Waals surface area contributed by atoms with Crippen molar-refractivity contribution in [2.45, 2.75) is 44.7 Å². The van der Waals surface area contributed by atoms with Crippen molar-refractivity contribution >= 4 is 70.5 Å². The summed E-state index contributed by atoms with van der Waals surface area (Å²) >= 11 is 12.2. The van der Waals surface area contributed by atoms with Crippen LogP contribution in [0.5, 0.6) is 5.75 Å². The molecule has 0 saturated heterocycles. The molecular weight excluding hydrogens is 518 g/mol. The predicted molar refractivity (Wildman–Crippen MR) is 145 cm³/mol. The Morgan fingerprint density at radius 2 is 1.71 bits per heavy atom. The van der Waals surface area contributed by atoms with Gasteiger partial charge in [0.25, 0.3) is 0 Å². The Morgan fingerprint density at radius 3 is 2.26 bits per heavy atom. The van der Waals surface area contributed by atoms with Gasteiger partial charge in [-0.3, -0.25) is 9.78 Å². The summed E-state index contributed by atoms with van der Waals surface area (Å²) in [6.45, 7) is 1.54. The average molecular weight is 546 g/mol. The molecule has 1 saturated carbocycles. The second kappa shape index (κ2) is 11.7. The Kier molecular flexibility index (Phi) is 9.80. The van der Waals surface area contributed by atoms with Crippen molar-refractivity contribution in [2.75, 3.05) is 19.4 Å². The summed E-state index contributed by atoms with van der Waals surface area (Å²) in [5.74, 6) is -0.221. The molecule has 2 heterocycles. The fourth-order valence-electron chi connectivity index (χ4n) is 4.29. The van der Waals surface area contributed by atoms with E-state index in [2.05, 4.69) is 29.3 Å². The quantitative estimate of drug-likeness (QED) is 0.350. The second-order valence-corrected chi connectivity index (χ2v) is 9.38. The molecule has 1 fully saturated rings. The number of anilines is 1. The third kappa shape index (κ3) is 5.86. The topological polar surface area (TPSA) is 78.3 Å². The van der Waals surface area contributed by atoms with Crippen LogP contribution in [0.4, 0.5) is 5.69 Å². The number of fused-ring (bicyclic) bond motifs is 1. The average Bonchev–Trinajstić information content (AvgIpc) is 2.77. The van der Waals surface area contributed by atoms with Gasteiger partial charge in [0.1, 0.15) is 5.52 Å². The van der Waals surface area contributed by atoms with Gasteiger partial charge in [-0.1, -0.05) is 23.2 Å². The number of carbonyl (C=O) groups is 1. The maximum atomic E-state index is 12.4. The Balaban J connectivity index is 0.00000204. The number of hydrogen-bond donors (Lipinski definition) is 2. The number of rotatable bonds is 5. The maximum absolute atomic E-state index is 12.4. The first kappa shape index (κ1) is 28.4. The van der Waals surface area contributed by atoms with Crippen LogP contribution in [0, 0.1) is 0 Å². The molecule has 1 aliphatic carbocycles. The van der Waals surface area contributed by atoms with Crippen molar-refractivity contribution < 1.29 is 9.90 Å². The van der Waals surface area contributed by atoms with Crippen molar-refractivity contribution in [3.05, 3.63) is 46.1 Å². The molecule has 1 aromatic carbocycles. The van der Waals surface area contributed by atoms with Crippen LogP contribution in [0.3, 0.4) is 0 Å². The number of pyridine rings is 2. The molecule has 6 nitrogen and oxygen atoms in total. The molecule has 3 aromatic rings. The van der Waals surface area contributed by atoms with E-state index in [1.165, 1.54) is 0 Å². The van der Waals surface area contributed by atoms with Gasteiger partial charge in [-0.15, -0.1) is 24.8 Å². The smallest absolute Gasteiger partial charge is 0.163 e. The first-order chi connectivity index (χ1) is 15.2. The molecule has 2 N–H and O–H groups in total. The molecule has 0 bridgehead atoms. The zero-order valence-electron chi connectivity index (χ0n) is 19.1. The van der Waals surface area contributed by atoms with Gasteiger partial charge in [0, 0.05) is 23.8 Å². The first-order valence-electron chi connectivity index (χ1n) is 10.7. The monoisotopic (exact) mass is 544 g/mol. The summed E-state index contributed by atoms with van der Waals surface area (Å²) in [5.41, 5.74) is 3.87. The van der Waals surface area contributed by atoms with E-state index in [1.54, 1.807) is 25.3 Å². The Labute approximate surface area is 221 Å². The number of hydrogen-bond acceptors (Lipinski definition) is 6. The lowest BCUT2D eigenvalue weighted by Gasteiger charge is -2.33. The largest absolute Gasteiger partial charge is 0.505 e. The maximum Gasteiger partial charge on any atom is 0.163 e. The van der Waals surface area contributed by atoms with Crippen LogP contribution in [0.25, 0.3) is 22.3 Å². The third-order valence-electron chi connectivity index (χ3n) is 6.18. The van der Waals surface area contributed by atoms with Gasteiger partial charge >= 0.3 is 0 Å². The molecule has 34 heavy (non-hydrogen) atoms. The van der Waals surface area contributed by atoms with E-state index in [0.29, 0.717) is 39.6 Å². The molecule has 0 atom stereocenters. The zero-order chi connectivity index (χ0) is 23.0. The highest BCUT2D eigenvalue weighted by Gasteiger charge is 2.24. The van der Waals surface area contributed by atoms with Crippen LogP contribution in [0.1, 0.15) is 43.0 Å². The lowest BCUT2D eigenvalue weighted by molar-refractivity contribution is 0.101. The highest BCUT2D eigenvalue weighted by molar-refractivity contribution is 6.37. The van der Waals surface area contributed by atoms with Crippen molar-refractivity contribution in [1.82, 2.24) is 14.9 Å². The second-order valence-electron chi connectivity index (χ2n) is 8.57. The number of Topliss-reactive ketones (excluding diaryl/α,β-unsaturated/α-hetero) is 1. The number of halogens is 4. The van der Waals surface area contributed by atoms with Crippen LogP contribution in [-0.2, 0) is 0 Å². The van der Waals surface area contributed by atoms with Gasteiger partial charge in [0.15, 0.2) is 11.5 Å². The van der Waals surface area contributed by atoms with Crippen LogP contribution in [0.2, 0.25) is 10.0 Å². The number of phenolic OH excluding ortho intramolecular Hbond substituents is 1. The van der Waals surface area contributed by atoms with Crippen LogP contribution < -0.4 is 5.32 Å². The molecule has 0 radical (unpaired) electrons. The number of ketones is 1. The first-order valence-corrected chi connectivity index (χ1v) is 11.4. The number of aromatic hydroxyl groups is 1. The van der Waals surface area contributed by atoms with Gasteiger partial charge in [-0.05, 0) is 71.0 Å². The molecule has 184 valence electrons. The highest BCUT2D eigenvalue weighted by Crippen LogP contribution is 2.37. The molecule has 0 amide bonds. The molecular formula is C24H28Cl4N4O2. The lowest BCUT2D eigenvalue weighted by Crippen LogP contribution is -2.36. The standard InChI is InChI=1S/C24H26Cl2N4O2.2ClH/c1-13(31)17-12-27-21-9-8-20(14-10-18(25)24(32)19(26)11-14)29-23(21)22(17)28-15-4-6-16(7-5-15)30(2)3;;/h8-12,15-16,32H,4-7H2,1-3H3,(H,27,28);2*1H. The molecule has 0 aliphatic heterocycles. The molecule has 2 aromatic heterocycles.